The summed E-state index contributed by atoms with van der Waals surface area (Å²) in [6, 6.07) is 12.2. The third-order valence-corrected chi connectivity index (χ3v) is 2.85. The van der Waals surface area contributed by atoms with E-state index in [-0.39, 0.29) is 0 Å². The second-order valence-corrected chi connectivity index (χ2v) is 3.82. The lowest BCUT2D eigenvalue weighted by molar-refractivity contribution is 0.415. The number of nitrogens with one attached hydrogen (secondary N) is 1. The fourth-order valence-corrected chi connectivity index (χ4v) is 1.86. The zero-order chi connectivity index (χ0) is 12.3. The van der Waals surface area contributed by atoms with Crippen molar-refractivity contribution in [3.63, 3.8) is 0 Å². The zero-order valence-electron chi connectivity index (χ0n) is 10.0. The number of hydrogen-bond donors (Lipinski definition) is 1. The van der Waals surface area contributed by atoms with Gasteiger partial charge in [-0.1, -0.05) is 24.3 Å². The van der Waals surface area contributed by atoms with Gasteiger partial charge in [0.2, 0.25) is 0 Å². The van der Waals surface area contributed by atoms with Gasteiger partial charge in [0.05, 0.1) is 7.11 Å². The van der Waals surface area contributed by atoms with Crippen molar-refractivity contribution in [2.75, 3.05) is 7.11 Å². The van der Waals surface area contributed by atoms with Crippen molar-refractivity contribution in [3.8, 4) is 5.75 Å². The molecule has 0 aliphatic carbocycles. The summed E-state index contributed by atoms with van der Waals surface area (Å²) in [7, 11) is 1.67. The number of methoxy groups -OCH3 is 1. The topological polar surface area (TPSA) is 33.1 Å². The average Bonchev–Trinajstić information content (AvgIpc) is 2.39. The minimum absolute atomic E-state index is 0.864. The number of allylic oxidation sites excluding steroid dienone is 2. The van der Waals surface area contributed by atoms with Crippen LogP contribution in [-0.2, 0) is 0 Å². The van der Waals surface area contributed by atoms with Crippen molar-refractivity contribution < 1.29 is 4.74 Å². The van der Waals surface area contributed by atoms with Gasteiger partial charge in [0.25, 0.3) is 0 Å². The van der Waals surface area contributed by atoms with Gasteiger partial charge >= 0.3 is 0 Å². The molecule has 17 heavy (non-hydrogen) atoms. The standard InChI is InChI=1S/C15H15NO/c1-3-11(10-16)12-4-5-14-9-15(17-2)7-6-13(14)8-12/h3-10,16H,1-2H3/b11-3+,16-10?. The van der Waals surface area contributed by atoms with Crippen molar-refractivity contribution in [2.24, 2.45) is 0 Å². The number of hydrogen-bond acceptors (Lipinski definition) is 2. The van der Waals surface area contributed by atoms with Crippen LogP contribution in [0.2, 0.25) is 0 Å². The van der Waals surface area contributed by atoms with Crippen LogP contribution in [-0.4, -0.2) is 13.3 Å². The first-order chi connectivity index (χ1) is 8.28. The second kappa shape index (κ2) is 4.83. The number of rotatable bonds is 3. The van der Waals surface area contributed by atoms with Gasteiger partial charge in [0, 0.05) is 6.21 Å². The highest BCUT2D eigenvalue weighted by molar-refractivity contribution is 6.09. The van der Waals surface area contributed by atoms with E-state index >= 15 is 0 Å². The van der Waals surface area contributed by atoms with E-state index in [1.807, 2.05) is 37.3 Å². The molecule has 0 unspecified atom stereocenters. The predicted molar refractivity (Wildman–Crippen MR) is 72.9 cm³/mol. The van der Waals surface area contributed by atoms with Gasteiger partial charge in [-0.15, -0.1) is 0 Å². The Morgan fingerprint density at radius 1 is 1.12 bits per heavy atom. The molecule has 2 nitrogen and oxygen atoms in total. The summed E-state index contributed by atoms with van der Waals surface area (Å²) in [5, 5.41) is 9.66. The van der Waals surface area contributed by atoms with Crippen molar-refractivity contribution in [2.45, 2.75) is 6.92 Å². The molecule has 0 fully saturated rings. The van der Waals surface area contributed by atoms with Gasteiger partial charge < -0.3 is 10.1 Å². The molecule has 0 radical (unpaired) electrons. The fraction of sp³-hybridized carbons (Fsp3) is 0.133. The zero-order valence-corrected chi connectivity index (χ0v) is 10.0. The van der Waals surface area contributed by atoms with Crippen LogP contribution in [0.5, 0.6) is 5.75 Å². The molecule has 0 heterocycles. The summed E-state index contributed by atoms with van der Waals surface area (Å²) >= 11 is 0. The lowest BCUT2D eigenvalue weighted by Gasteiger charge is -2.05. The summed E-state index contributed by atoms with van der Waals surface area (Å²) in [5.41, 5.74) is 2.00. The summed E-state index contributed by atoms with van der Waals surface area (Å²) in [6.45, 7) is 1.94. The van der Waals surface area contributed by atoms with E-state index in [0.717, 1.165) is 27.7 Å². The summed E-state index contributed by atoms with van der Waals surface area (Å²) < 4.78 is 5.19. The van der Waals surface area contributed by atoms with Crippen molar-refractivity contribution in [3.05, 3.63) is 48.0 Å². The molecule has 2 rings (SSSR count). The van der Waals surface area contributed by atoms with Crippen molar-refractivity contribution >= 4 is 22.6 Å². The highest BCUT2D eigenvalue weighted by Gasteiger charge is 2.01. The van der Waals surface area contributed by atoms with Crippen LogP contribution < -0.4 is 4.74 Å². The molecule has 2 heteroatoms. The average molecular weight is 225 g/mol. The van der Waals surface area contributed by atoms with Gasteiger partial charge in [0.1, 0.15) is 5.75 Å². The van der Waals surface area contributed by atoms with Gasteiger partial charge in [-0.3, -0.25) is 0 Å². The maximum Gasteiger partial charge on any atom is 0.119 e. The van der Waals surface area contributed by atoms with Gasteiger partial charge in [-0.25, -0.2) is 0 Å². The molecule has 0 atom stereocenters. The quantitative estimate of drug-likeness (QED) is 0.789. The first kappa shape index (κ1) is 11.4. The van der Waals surface area contributed by atoms with E-state index in [1.165, 1.54) is 6.21 Å². The van der Waals surface area contributed by atoms with E-state index in [2.05, 4.69) is 12.1 Å². The molecule has 0 bridgehead atoms. The molecule has 0 saturated heterocycles. The molecule has 0 aliphatic rings. The second-order valence-electron chi connectivity index (χ2n) is 3.82. The van der Waals surface area contributed by atoms with Crippen LogP contribution in [0, 0.1) is 5.41 Å². The highest BCUT2D eigenvalue weighted by atomic mass is 16.5. The maximum atomic E-state index is 7.36. The molecule has 1 N–H and O–H groups in total. The molecule has 2 aromatic rings. The molecular formula is C15H15NO. The first-order valence-electron chi connectivity index (χ1n) is 5.53. The fourth-order valence-electron chi connectivity index (χ4n) is 1.86. The Bertz CT molecular complexity index is 584. The Kier molecular flexibility index (Phi) is 3.24. The van der Waals surface area contributed by atoms with Crippen LogP contribution in [0.3, 0.4) is 0 Å². The van der Waals surface area contributed by atoms with E-state index in [0.29, 0.717) is 0 Å². The molecule has 0 aromatic heterocycles. The number of fused-ring (bicyclic) bond motifs is 1. The Balaban J connectivity index is 2.55. The van der Waals surface area contributed by atoms with Gasteiger partial charge in [-0.05, 0) is 47.0 Å². The Labute approximate surface area is 101 Å². The summed E-state index contributed by atoms with van der Waals surface area (Å²) in [4.78, 5) is 0. The lowest BCUT2D eigenvalue weighted by Crippen LogP contribution is -1.86. The van der Waals surface area contributed by atoms with Crippen LogP contribution in [0.1, 0.15) is 12.5 Å². The normalized spacial score (nSPS) is 11.5. The number of ether oxygens (including phenoxy) is 1. The Morgan fingerprint density at radius 2 is 1.82 bits per heavy atom. The third kappa shape index (κ3) is 2.21. The monoisotopic (exact) mass is 225 g/mol. The smallest absolute Gasteiger partial charge is 0.119 e. The molecule has 0 amide bonds. The van der Waals surface area contributed by atoms with E-state index < -0.39 is 0 Å². The van der Waals surface area contributed by atoms with Crippen molar-refractivity contribution in [1.82, 2.24) is 0 Å². The summed E-state index contributed by atoms with van der Waals surface area (Å²) in [5.74, 6) is 0.864. The minimum atomic E-state index is 0.864. The Hall–Kier alpha value is -2.09. The Morgan fingerprint density at radius 3 is 2.47 bits per heavy atom. The van der Waals surface area contributed by atoms with Crippen LogP contribution >= 0.6 is 0 Å². The first-order valence-corrected chi connectivity index (χ1v) is 5.53. The predicted octanol–water partition coefficient (Wildman–Crippen LogP) is 3.90. The molecular weight excluding hydrogens is 210 g/mol. The van der Waals surface area contributed by atoms with E-state index in [4.69, 9.17) is 10.1 Å². The molecule has 0 spiro atoms. The molecule has 0 saturated carbocycles. The largest absolute Gasteiger partial charge is 0.497 e. The lowest BCUT2D eigenvalue weighted by atomic mass is 10.0. The van der Waals surface area contributed by atoms with Gasteiger partial charge in [-0.2, -0.15) is 0 Å². The van der Waals surface area contributed by atoms with Crippen LogP contribution in [0.4, 0.5) is 0 Å². The van der Waals surface area contributed by atoms with Crippen LogP contribution in [0.25, 0.3) is 16.3 Å². The van der Waals surface area contributed by atoms with E-state index in [1.54, 1.807) is 7.11 Å². The molecule has 0 aliphatic heterocycles. The van der Waals surface area contributed by atoms with E-state index in [9.17, 15) is 0 Å². The molecule has 2 aromatic carbocycles. The van der Waals surface area contributed by atoms with Gasteiger partial charge in [0.15, 0.2) is 0 Å². The third-order valence-electron chi connectivity index (χ3n) is 2.85. The minimum Gasteiger partial charge on any atom is -0.497 e. The number of benzene rings is 2. The maximum absolute atomic E-state index is 7.36. The SMILES string of the molecule is C/C=C(\C=N)c1ccc2cc(OC)ccc2c1. The van der Waals surface area contributed by atoms with Crippen molar-refractivity contribution in [1.29, 1.82) is 5.41 Å². The van der Waals surface area contributed by atoms with Crippen LogP contribution in [0.15, 0.2) is 42.5 Å². The summed E-state index contributed by atoms with van der Waals surface area (Å²) in [6.07, 6.45) is 3.32. The highest BCUT2D eigenvalue weighted by Crippen LogP contribution is 2.24. The molecule has 86 valence electrons.